The summed E-state index contributed by atoms with van der Waals surface area (Å²) in [5.74, 6) is 5.03. The lowest BCUT2D eigenvalue weighted by Crippen LogP contribution is -2.55. The number of rotatable bonds is 7. The Bertz CT molecular complexity index is 922. The van der Waals surface area contributed by atoms with E-state index in [0.717, 1.165) is 52.8 Å². The zero-order valence-corrected chi connectivity index (χ0v) is 31.1. The van der Waals surface area contributed by atoms with Gasteiger partial charge in [-0.1, -0.05) is 64.1 Å². The molecule has 5 saturated carbocycles. The van der Waals surface area contributed by atoms with Crippen molar-refractivity contribution >= 4 is 36.9 Å². The van der Waals surface area contributed by atoms with E-state index in [4.69, 9.17) is 9.16 Å². The van der Waals surface area contributed by atoms with E-state index in [-0.39, 0.29) is 12.1 Å². The van der Waals surface area contributed by atoms with Gasteiger partial charge in [-0.2, -0.15) is 0 Å². The van der Waals surface area contributed by atoms with Gasteiger partial charge in [-0.3, -0.25) is 4.79 Å². The average molecular weight is 699 g/mol. The second-order valence-electron chi connectivity index (χ2n) is 17.5. The number of esters is 1. The number of ether oxygens (including phenoxy) is 1. The van der Waals surface area contributed by atoms with E-state index in [0.29, 0.717) is 34.3 Å². The Kier molecular flexibility index (Phi) is 9.82. The number of hydrogen-bond acceptors (Lipinski definition) is 3. The first-order chi connectivity index (χ1) is 19.1. The van der Waals surface area contributed by atoms with E-state index in [1.807, 2.05) is 0 Å². The molecule has 5 rings (SSSR count). The van der Waals surface area contributed by atoms with E-state index in [1.165, 1.54) is 70.6 Å². The number of halogens is 1. The maximum atomic E-state index is 12.7. The van der Waals surface area contributed by atoms with Crippen LogP contribution in [-0.2, 0) is 14.0 Å². The van der Waals surface area contributed by atoms with Crippen molar-refractivity contribution in [2.75, 3.05) is 0 Å². The Morgan fingerprint density at radius 2 is 1.54 bits per heavy atom. The SMILES string of the molecule is C[C@H](CCC(=O)OC1CCC(I)CC1)[C@H]1CC[C@H]2[C@@H]3CC[C@@H]4C[C@H](O[Si](C)(C)C(C)(C)C)CC[C@]4(C)[C@H]3CC[C@]12C. The number of alkyl halides is 1. The Labute approximate surface area is 268 Å². The first-order valence-electron chi connectivity index (χ1n) is 17.7. The van der Waals surface area contributed by atoms with E-state index < -0.39 is 8.32 Å². The Morgan fingerprint density at radius 3 is 2.22 bits per heavy atom. The first-order valence-corrected chi connectivity index (χ1v) is 21.8. The maximum absolute atomic E-state index is 12.7. The predicted octanol–water partition coefficient (Wildman–Crippen LogP) is 10.7. The molecule has 0 radical (unpaired) electrons. The summed E-state index contributed by atoms with van der Waals surface area (Å²) in [6.45, 7) is 19.9. The largest absolute Gasteiger partial charge is 0.462 e. The quantitative estimate of drug-likeness (QED) is 0.115. The van der Waals surface area contributed by atoms with Gasteiger partial charge in [0, 0.05) is 16.4 Å². The van der Waals surface area contributed by atoms with E-state index in [2.05, 4.69) is 77.2 Å². The fourth-order valence-corrected chi connectivity index (χ4v) is 12.9. The Balaban J connectivity index is 1.16. The third-order valence-corrected chi connectivity index (χ3v) is 20.1. The molecule has 0 bridgehead atoms. The zero-order valence-electron chi connectivity index (χ0n) is 27.9. The molecule has 0 heterocycles. The van der Waals surface area contributed by atoms with Crippen molar-refractivity contribution in [1.29, 1.82) is 0 Å². The van der Waals surface area contributed by atoms with Gasteiger partial charge in [0.25, 0.3) is 0 Å². The molecule has 0 aromatic rings. The molecular formula is C36H63IO3Si. The zero-order chi connectivity index (χ0) is 29.8. The Morgan fingerprint density at radius 1 is 0.878 bits per heavy atom. The van der Waals surface area contributed by atoms with Crippen LogP contribution < -0.4 is 0 Å². The summed E-state index contributed by atoms with van der Waals surface area (Å²) in [4.78, 5) is 12.7. The molecule has 236 valence electrons. The number of carbonyl (C=O) groups is 1. The minimum absolute atomic E-state index is 0.0662. The highest BCUT2D eigenvalue weighted by Gasteiger charge is 2.61. The molecule has 5 fully saturated rings. The summed E-state index contributed by atoms with van der Waals surface area (Å²) in [7, 11) is -1.71. The van der Waals surface area contributed by atoms with Crippen molar-refractivity contribution in [2.45, 2.75) is 172 Å². The molecule has 0 amide bonds. The summed E-state index contributed by atoms with van der Waals surface area (Å²) >= 11 is 2.55. The van der Waals surface area contributed by atoms with Crippen molar-refractivity contribution in [2.24, 2.45) is 46.3 Å². The highest BCUT2D eigenvalue weighted by atomic mass is 127. The van der Waals surface area contributed by atoms with Crippen molar-refractivity contribution < 1.29 is 14.0 Å². The molecule has 5 heteroatoms. The summed E-state index contributed by atoms with van der Waals surface area (Å²) in [6.07, 6.45) is 19.3. The molecule has 41 heavy (non-hydrogen) atoms. The molecule has 0 N–H and O–H groups in total. The molecule has 5 aliphatic rings. The van der Waals surface area contributed by atoms with Crippen LogP contribution in [0, 0.1) is 46.3 Å². The smallest absolute Gasteiger partial charge is 0.306 e. The van der Waals surface area contributed by atoms with Crippen LogP contribution in [0.4, 0.5) is 0 Å². The van der Waals surface area contributed by atoms with E-state index in [9.17, 15) is 4.79 Å². The number of hydrogen-bond donors (Lipinski definition) is 0. The second-order valence-corrected chi connectivity index (χ2v) is 24.1. The lowest BCUT2D eigenvalue weighted by Gasteiger charge is -2.61. The van der Waals surface area contributed by atoms with Crippen LogP contribution in [0.25, 0.3) is 0 Å². The van der Waals surface area contributed by atoms with Crippen LogP contribution in [0.15, 0.2) is 0 Å². The molecule has 0 aromatic carbocycles. The fraction of sp³-hybridized carbons (Fsp3) is 0.972. The standard InChI is InChI=1S/C36H63IO3Si/c1-24(9-18-33(38)39-27-13-11-26(37)12-14-27)30-16-17-31-29-15-10-25-23-28(40-41(7,8)34(2,3)4)19-21-35(25,5)32(29)20-22-36(30,31)6/h24-32H,9-23H2,1-8H3/t24-,25-,26?,27?,28-,29+,30-,31+,32+,35+,36-/m1/s1. The van der Waals surface area contributed by atoms with Crippen LogP contribution in [-0.4, -0.2) is 30.4 Å². The van der Waals surface area contributed by atoms with Crippen molar-refractivity contribution in [3.05, 3.63) is 0 Å². The molecule has 5 aliphatic carbocycles. The minimum atomic E-state index is -1.71. The fourth-order valence-electron chi connectivity index (χ4n) is 10.8. The maximum Gasteiger partial charge on any atom is 0.306 e. The average Bonchev–Trinajstić information content (AvgIpc) is 3.25. The third kappa shape index (κ3) is 6.54. The van der Waals surface area contributed by atoms with Gasteiger partial charge in [0.05, 0.1) is 0 Å². The van der Waals surface area contributed by atoms with Crippen LogP contribution in [0.1, 0.15) is 138 Å². The molecule has 0 spiro atoms. The Hall–Kier alpha value is 0.377. The molecule has 0 saturated heterocycles. The predicted molar refractivity (Wildman–Crippen MR) is 182 cm³/mol. The summed E-state index contributed by atoms with van der Waals surface area (Å²) in [5.41, 5.74) is 0.983. The van der Waals surface area contributed by atoms with Crippen LogP contribution >= 0.6 is 22.6 Å². The molecule has 9 atom stereocenters. The lowest BCUT2D eigenvalue weighted by atomic mass is 9.44. The first kappa shape index (κ1) is 32.8. The third-order valence-electron chi connectivity index (χ3n) is 14.4. The van der Waals surface area contributed by atoms with Gasteiger partial charge >= 0.3 is 5.97 Å². The van der Waals surface area contributed by atoms with Gasteiger partial charge < -0.3 is 9.16 Å². The minimum Gasteiger partial charge on any atom is -0.462 e. The second kappa shape index (κ2) is 12.3. The lowest BCUT2D eigenvalue weighted by molar-refractivity contribution is -0.151. The van der Waals surface area contributed by atoms with Gasteiger partial charge in [0.15, 0.2) is 8.32 Å². The van der Waals surface area contributed by atoms with E-state index >= 15 is 0 Å². The van der Waals surface area contributed by atoms with Gasteiger partial charge in [-0.15, -0.1) is 0 Å². The highest BCUT2D eigenvalue weighted by Crippen LogP contribution is 2.68. The molecule has 0 aliphatic heterocycles. The molecule has 3 nitrogen and oxygen atoms in total. The van der Waals surface area contributed by atoms with Gasteiger partial charge in [0.2, 0.25) is 0 Å². The summed E-state index contributed by atoms with van der Waals surface area (Å²) in [6, 6.07) is 0. The van der Waals surface area contributed by atoms with Crippen molar-refractivity contribution in [3.63, 3.8) is 0 Å². The van der Waals surface area contributed by atoms with Crippen LogP contribution in [0.5, 0.6) is 0 Å². The van der Waals surface area contributed by atoms with Gasteiger partial charge in [-0.05, 0) is 154 Å². The van der Waals surface area contributed by atoms with Gasteiger partial charge in [0.1, 0.15) is 6.10 Å². The monoisotopic (exact) mass is 698 g/mol. The summed E-state index contributed by atoms with van der Waals surface area (Å²) in [5, 5.41) is 0.295. The highest BCUT2D eigenvalue weighted by molar-refractivity contribution is 14.1. The number of carbonyl (C=O) groups excluding carboxylic acids is 1. The topological polar surface area (TPSA) is 35.5 Å². The number of fused-ring (bicyclic) bond motifs is 5. The molecule has 0 aromatic heterocycles. The normalized spacial score (nSPS) is 43.9. The molecular weight excluding hydrogens is 635 g/mol. The van der Waals surface area contributed by atoms with Crippen LogP contribution in [0.3, 0.4) is 0 Å². The van der Waals surface area contributed by atoms with Crippen molar-refractivity contribution in [1.82, 2.24) is 0 Å². The van der Waals surface area contributed by atoms with Gasteiger partial charge in [-0.25, -0.2) is 0 Å². The summed E-state index contributed by atoms with van der Waals surface area (Å²) < 4.78 is 13.7. The molecule has 0 unspecified atom stereocenters. The van der Waals surface area contributed by atoms with E-state index in [1.54, 1.807) is 0 Å². The van der Waals surface area contributed by atoms with Crippen LogP contribution in [0.2, 0.25) is 18.1 Å². The van der Waals surface area contributed by atoms with Crippen molar-refractivity contribution in [3.8, 4) is 0 Å².